The molecular weight excluding hydrogens is 450 g/mol. The van der Waals surface area contributed by atoms with Crippen LogP contribution in [0.4, 0.5) is 5.82 Å². The molecule has 8 nitrogen and oxygen atoms in total. The Bertz CT molecular complexity index is 1590. The number of hydrogen-bond acceptors (Lipinski definition) is 5. The van der Waals surface area contributed by atoms with Crippen LogP contribution in [0, 0.1) is 0 Å². The smallest absolute Gasteiger partial charge is 0.256 e. The van der Waals surface area contributed by atoms with Crippen LogP contribution in [0.25, 0.3) is 27.9 Å². The van der Waals surface area contributed by atoms with E-state index in [2.05, 4.69) is 55.3 Å². The van der Waals surface area contributed by atoms with Gasteiger partial charge in [0.2, 0.25) is 0 Å². The van der Waals surface area contributed by atoms with E-state index in [1.165, 1.54) is 18.4 Å². The van der Waals surface area contributed by atoms with Crippen molar-refractivity contribution in [3.8, 4) is 11.3 Å². The summed E-state index contributed by atoms with van der Waals surface area (Å²) in [7, 11) is 2.05. The van der Waals surface area contributed by atoms with Gasteiger partial charge in [0.1, 0.15) is 17.0 Å². The third-order valence-corrected chi connectivity index (χ3v) is 7.07. The second kappa shape index (κ2) is 8.19. The molecule has 0 aliphatic heterocycles. The van der Waals surface area contributed by atoms with Crippen LogP contribution in [0.5, 0.6) is 0 Å². The van der Waals surface area contributed by atoms with E-state index in [1.807, 2.05) is 37.5 Å². The molecule has 5 aromatic rings. The number of benzene rings is 1. The second-order valence-corrected chi connectivity index (χ2v) is 9.94. The molecule has 1 amide bonds. The number of fused-ring (bicyclic) bond motifs is 2. The van der Waals surface area contributed by atoms with E-state index in [-0.39, 0.29) is 11.9 Å². The summed E-state index contributed by atoms with van der Waals surface area (Å²) in [5.74, 6) is 0.761. The summed E-state index contributed by atoms with van der Waals surface area (Å²) in [5.41, 5.74) is 5.09. The molecule has 0 radical (unpaired) electrons. The first kappa shape index (κ1) is 21.1. The van der Waals surface area contributed by atoms with Gasteiger partial charge in [0, 0.05) is 55.1 Å². The number of anilines is 1. The van der Waals surface area contributed by atoms with Crippen LogP contribution >= 0.6 is 0 Å². The predicted octanol–water partition coefficient (Wildman–Crippen LogP) is 4.61. The van der Waals surface area contributed by atoms with Gasteiger partial charge in [-0.25, -0.2) is 9.97 Å². The summed E-state index contributed by atoms with van der Waals surface area (Å²) in [6.45, 7) is 0.703. The number of pyridine rings is 1. The van der Waals surface area contributed by atoms with Crippen LogP contribution in [0.1, 0.15) is 47.6 Å². The molecule has 0 saturated heterocycles. The lowest BCUT2D eigenvalue weighted by Crippen LogP contribution is -2.25. The maximum atomic E-state index is 13.1. The Morgan fingerprint density at radius 1 is 1.08 bits per heavy atom. The highest BCUT2D eigenvalue weighted by Crippen LogP contribution is 2.41. The van der Waals surface area contributed by atoms with Gasteiger partial charge in [-0.2, -0.15) is 9.61 Å². The van der Waals surface area contributed by atoms with Gasteiger partial charge in [-0.15, -0.1) is 0 Å². The standard InChI is InChI=1S/C28H27N7O/c1-33(16-18-6-3-2-4-7-18)25-14-24(23-17-34(20-11-12-20)26-21(23)8-5-13-29-26)32-27-22(15-30-35(25)27)28(36)31-19-9-10-19/h2-8,13-15,17,19-20H,9-12,16H2,1H3,(H,31,36). The first-order valence-electron chi connectivity index (χ1n) is 12.6. The first-order valence-corrected chi connectivity index (χ1v) is 12.6. The van der Waals surface area contributed by atoms with E-state index in [0.29, 0.717) is 23.8 Å². The molecule has 2 aliphatic carbocycles. The van der Waals surface area contributed by atoms with Crippen molar-refractivity contribution in [3.63, 3.8) is 0 Å². The minimum absolute atomic E-state index is 0.115. The quantitative estimate of drug-likeness (QED) is 0.370. The lowest BCUT2D eigenvalue weighted by Gasteiger charge is -2.21. The Hall–Kier alpha value is -4.20. The van der Waals surface area contributed by atoms with Crippen molar-refractivity contribution in [1.82, 2.24) is 29.5 Å². The molecule has 180 valence electrons. The van der Waals surface area contributed by atoms with Gasteiger partial charge >= 0.3 is 0 Å². The summed E-state index contributed by atoms with van der Waals surface area (Å²) in [5, 5.41) is 8.77. The Morgan fingerprint density at radius 3 is 2.69 bits per heavy atom. The molecule has 4 heterocycles. The lowest BCUT2D eigenvalue weighted by molar-refractivity contribution is 0.0952. The Labute approximate surface area is 208 Å². The fraction of sp³-hybridized carbons (Fsp3) is 0.286. The van der Waals surface area contributed by atoms with Crippen molar-refractivity contribution in [1.29, 1.82) is 0 Å². The van der Waals surface area contributed by atoms with Crippen molar-refractivity contribution in [2.75, 3.05) is 11.9 Å². The second-order valence-electron chi connectivity index (χ2n) is 9.94. The van der Waals surface area contributed by atoms with Crippen LogP contribution in [0.3, 0.4) is 0 Å². The van der Waals surface area contributed by atoms with Crippen LogP contribution in [-0.4, -0.2) is 43.1 Å². The minimum atomic E-state index is -0.115. The molecule has 36 heavy (non-hydrogen) atoms. The van der Waals surface area contributed by atoms with Crippen LogP contribution in [-0.2, 0) is 6.54 Å². The van der Waals surface area contributed by atoms with Crippen LogP contribution in [0.2, 0.25) is 0 Å². The molecule has 0 spiro atoms. The highest BCUT2D eigenvalue weighted by atomic mass is 16.1. The molecule has 1 aromatic carbocycles. The van der Waals surface area contributed by atoms with E-state index in [9.17, 15) is 4.79 Å². The zero-order valence-electron chi connectivity index (χ0n) is 20.1. The zero-order valence-corrected chi connectivity index (χ0v) is 20.1. The van der Waals surface area contributed by atoms with Crippen LogP contribution < -0.4 is 10.2 Å². The SMILES string of the molecule is CN(Cc1ccccc1)c1cc(-c2cn(C3CC3)c3ncccc23)nc2c(C(=O)NC3CC3)cnn12. The van der Waals surface area contributed by atoms with Gasteiger partial charge in [-0.3, -0.25) is 4.79 Å². The molecule has 2 aliphatic rings. The van der Waals surface area contributed by atoms with E-state index in [1.54, 1.807) is 10.7 Å². The summed E-state index contributed by atoms with van der Waals surface area (Å²) in [6.07, 6.45) is 10.1. The number of nitrogens with zero attached hydrogens (tertiary/aromatic N) is 6. The molecule has 2 fully saturated rings. The molecule has 0 bridgehead atoms. The zero-order chi connectivity index (χ0) is 24.2. The third-order valence-electron chi connectivity index (χ3n) is 7.07. The van der Waals surface area contributed by atoms with Crippen molar-refractivity contribution < 1.29 is 4.79 Å². The van der Waals surface area contributed by atoms with E-state index in [4.69, 9.17) is 4.98 Å². The number of aromatic nitrogens is 5. The van der Waals surface area contributed by atoms with Gasteiger partial charge < -0.3 is 14.8 Å². The van der Waals surface area contributed by atoms with Crippen molar-refractivity contribution in [2.24, 2.45) is 0 Å². The summed E-state index contributed by atoms with van der Waals surface area (Å²) >= 11 is 0. The Kier molecular flexibility index (Phi) is 4.80. The molecule has 4 aromatic heterocycles. The van der Waals surface area contributed by atoms with E-state index < -0.39 is 0 Å². The largest absolute Gasteiger partial charge is 0.355 e. The number of nitrogens with one attached hydrogen (secondary N) is 1. The average molecular weight is 478 g/mol. The normalized spacial score (nSPS) is 15.5. The Balaban J connectivity index is 1.40. The van der Waals surface area contributed by atoms with Gasteiger partial charge in [0.15, 0.2) is 5.65 Å². The van der Waals surface area contributed by atoms with Crippen LogP contribution in [0.15, 0.2) is 67.1 Å². The predicted molar refractivity (Wildman–Crippen MR) is 139 cm³/mol. The minimum Gasteiger partial charge on any atom is -0.355 e. The van der Waals surface area contributed by atoms with Gasteiger partial charge in [0.25, 0.3) is 5.91 Å². The Morgan fingerprint density at radius 2 is 1.92 bits per heavy atom. The third kappa shape index (κ3) is 3.69. The molecule has 0 atom stereocenters. The highest BCUT2D eigenvalue weighted by Gasteiger charge is 2.29. The topological polar surface area (TPSA) is 80.3 Å². The highest BCUT2D eigenvalue weighted by molar-refractivity contribution is 6.01. The monoisotopic (exact) mass is 477 g/mol. The van der Waals surface area contributed by atoms with Crippen molar-refractivity contribution >= 4 is 28.4 Å². The lowest BCUT2D eigenvalue weighted by atomic mass is 10.1. The van der Waals surface area contributed by atoms with Crippen molar-refractivity contribution in [3.05, 3.63) is 78.2 Å². The number of carbonyl (C=O) groups is 1. The fourth-order valence-corrected chi connectivity index (χ4v) is 4.86. The average Bonchev–Trinajstić information content (AvgIpc) is 3.83. The number of hydrogen-bond donors (Lipinski definition) is 1. The van der Waals surface area contributed by atoms with E-state index >= 15 is 0 Å². The summed E-state index contributed by atoms with van der Waals surface area (Å²) in [4.78, 5) is 24.9. The number of rotatable bonds is 7. The number of carbonyl (C=O) groups excluding carboxylic acids is 1. The van der Waals surface area contributed by atoms with Crippen molar-refractivity contribution in [2.45, 2.75) is 44.3 Å². The molecular formula is C28H27N7O. The summed E-state index contributed by atoms with van der Waals surface area (Å²) < 4.78 is 4.06. The van der Waals surface area contributed by atoms with Gasteiger partial charge in [0.05, 0.1) is 11.9 Å². The van der Waals surface area contributed by atoms with E-state index in [0.717, 1.165) is 41.0 Å². The fourth-order valence-electron chi connectivity index (χ4n) is 4.86. The molecule has 2 saturated carbocycles. The van der Waals surface area contributed by atoms with Gasteiger partial charge in [-0.1, -0.05) is 30.3 Å². The summed E-state index contributed by atoms with van der Waals surface area (Å²) in [6, 6.07) is 17.2. The van der Waals surface area contributed by atoms with Gasteiger partial charge in [-0.05, 0) is 43.4 Å². The molecule has 0 unspecified atom stereocenters. The molecule has 8 heteroatoms. The first-order chi connectivity index (χ1) is 17.7. The molecule has 7 rings (SSSR count). The maximum absolute atomic E-state index is 13.1. The molecule has 1 N–H and O–H groups in total. The maximum Gasteiger partial charge on any atom is 0.256 e. The number of amides is 1.